The van der Waals surface area contributed by atoms with E-state index in [2.05, 4.69) is 5.32 Å². The Labute approximate surface area is 115 Å². The highest BCUT2D eigenvalue weighted by molar-refractivity contribution is 6.05. The van der Waals surface area contributed by atoms with Crippen molar-refractivity contribution in [3.63, 3.8) is 0 Å². The van der Waals surface area contributed by atoms with Crippen LogP contribution in [-0.2, 0) is 4.79 Å². The number of nitrogens with one attached hydrogen (secondary N) is 1. The summed E-state index contributed by atoms with van der Waals surface area (Å²) in [6.45, 7) is -0.460. The topological polar surface area (TPSA) is 75.6 Å². The molecule has 0 saturated heterocycles. The van der Waals surface area contributed by atoms with Gasteiger partial charge in [-0.25, -0.2) is 4.79 Å². The third kappa shape index (κ3) is 3.58. The van der Waals surface area contributed by atoms with E-state index >= 15 is 0 Å². The lowest BCUT2D eigenvalue weighted by Crippen LogP contribution is -2.14. The summed E-state index contributed by atoms with van der Waals surface area (Å²) in [5.41, 5.74) is 0.947. The highest BCUT2D eigenvalue weighted by atomic mass is 16.5. The molecule has 2 N–H and O–H groups in total. The fraction of sp³-hybridized carbons (Fsp3) is 0.0667. The minimum atomic E-state index is -1.07. The molecule has 0 spiro atoms. The van der Waals surface area contributed by atoms with E-state index in [0.29, 0.717) is 17.0 Å². The van der Waals surface area contributed by atoms with Crippen molar-refractivity contribution in [1.82, 2.24) is 0 Å². The van der Waals surface area contributed by atoms with Crippen LogP contribution in [0.15, 0.2) is 54.6 Å². The van der Waals surface area contributed by atoms with Crippen LogP contribution in [-0.4, -0.2) is 23.6 Å². The van der Waals surface area contributed by atoms with Gasteiger partial charge < -0.3 is 15.2 Å². The molecule has 0 atom stereocenters. The van der Waals surface area contributed by atoms with Crippen LogP contribution in [0.25, 0.3) is 0 Å². The molecule has 0 heterocycles. The summed E-state index contributed by atoms with van der Waals surface area (Å²) in [5, 5.41) is 11.3. The number of carbonyl (C=O) groups is 2. The number of benzene rings is 2. The van der Waals surface area contributed by atoms with Crippen molar-refractivity contribution in [2.24, 2.45) is 0 Å². The van der Waals surface area contributed by atoms with Gasteiger partial charge >= 0.3 is 5.97 Å². The van der Waals surface area contributed by atoms with Gasteiger partial charge in [0.1, 0.15) is 5.75 Å². The molecular weight excluding hydrogens is 258 g/mol. The van der Waals surface area contributed by atoms with Crippen molar-refractivity contribution in [3.05, 3.63) is 60.2 Å². The molecule has 5 nitrogen and oxygen atoms in total. The van der Waals surface area contributed by atoms with Crippen LogP contribution in [0.4, 0.5) is 5.69 Å². The standard InChI is InChI=1S/C15H13NO4/c17-14(18)10-20-13-9-5-4-8-12(13)16-15(19)11-6-2-1-3-7-11/h1-9H,10H2,(H,16,19)(H,17,18). The van der Waals surface area contributed by atoms with Gasteiger partial charge in [-0.2, -0.15) is 0 Å². The maximum atomic E-state index is 12.0. The second-order valence-electron chi connectivity index (χ2n) is 4.00. The Morgan fingerprint density at radius 1 is 1.00 bits per heavy atom. The number of anilines is 1. The van der Waals surface area contributed by atoms with Gasteiger partial charge in [0, 0.05) is 5.56 Å². The van der Waals surface area contributed by atoms with Crippen molar-refractivity contribution in [1.29, 1.82) is 0 Å². The third-order valence-electron chi connectivity index (χ3n) is 2.52. The van der Waals surface area contributed by atoms with E-state index in [0.717, 1.165) is 0 Å². The molecule has 0 fully saturated rings. The van der Waals surface area contributed by atoms with Crippen LogP contribution in [0.3, 0.4) is 0 Å². The van der Waals surface area contributed by atoms with Crippen LogP contribution < -0.4 is 10.1 Å². The predicted molar refractivity (Wildman–Crippen MR) is 74.0 cm³/mol. The van der Waals surface area contributed by atoms with Gasteiger partial charge in [0.25, 0.3) is 5.91 Å². The first-order valence-corrected chi connectivity index (χ1v) is 5.97. The molecule has 5 heteroatoms. The Bertz CT molecular complexity index is 610. The molecular formula is C15H13NO4. The molecule has 2 aromatic rings. The first-order valence-electron chi connectivity index (χ1n) is 5.97. The van der Waals surface area contributed by atoms with E-state index in [4.69, 9.17) is 9.84 Å². The zero-order valence-corrected chi connectivity index (χ0v) is 10.6. The summed E-state index contributed by atoms with van der Waals surface area (Å²) in [6, 6.07) is 15.4. The lowest BCUT2D eigenvalue weighted by atomic mass is 10.2. The number of ether oxygens (including phenoxy) is 1. The van der Waals surface area contributed by atoms with E-state index < -0.39 is 12.6 Å². The number of aliphatic carboxylic acids is 1. The van der Waals surface area contributed by atoms with E-state index in [1.807, 2.05) is 6.07 Å². The average Bonchev–Trinajstić information content (AvgIpc) is 2.47. The average molecular weight is 271 g/mol. The van der Waals surface area contributed by atoms with Gasteiger partial charge in [0.15, 0.2) is 6.61 Å². The monoisotopic (exact) mass is 271 g/mol. The van der Waals surface area contributed by atoms with E-state index in [9.17, 15) is 9.59 Å². The number of rotatable bonds is 5. The molecule has 0 aliphatic carbocycles. The summed E-state index contributed by atoms with van der Waals surface area (Å²) in [6.07, 6.45) is 0. The third-order valence-corrected chi connectivity index (χ3v) is 2.52. The van der Waals surface area contributed by atoms with Crippen LogP contribution in [0.2, 0.25) is 0 Å². The second kappa shape index (κ2) is 6.38. The summed E-state index contributed by atoms with van der Waals surface area (Å²) in [5.74, 6) is -1.04. The van der Waals surface area contributed by atoms with Gasteiger partial charge in [0.2, 0.25) is 0 Å². The minimum absolute atomic E-state index is 0.281. The molecule has 0 unspecified atom stereocenters. The Hall–Kier alpha value is -2.82. The van der Waals surface area contributed by atoms with Crippen LogP contribution in [0.5, 0.6) is 5.75 Å². The first-order chi connectivity index (χ1) is 9.66. The number of hydrogen-bond donors (Lipinski definition) is 2. The van der Waals surface area contributed by atoms with Crippen molar-refractivity contribution >= 4 is 17.6 Å². The van der Waals surface area contributed by atoms with Gasteiger partial charge in [-0.15, -0.1) is 0 Å². The Balaban J connectivity index is 2.13. The maximum absolute atomic E-state index is 12.0. The van der Waals surface area contributed by atoms with Crippen molar-refractivity contribution in [2.45, 2.75) is 0 Å². The first kappa shape index (κ1) is 13.6. The highest BCUT2D eigenvalue weighted by Crippen LogP contribution is 2.24. The number of carbonyl (C=O) groups excluding carboxylic acids is 1. The normalized spacial score (nSPS) is 9.80. The highest BCUT2D eigenvalue weighted by Gasteiger charge is 2.10. The quantitative estimate of drug-likeness (QED) is 0.875. The summed E-state index contributed by atoms with van der Waals surface area (Å²) >= 11 is 0. The maximum Gasteiger partial charge on any atom is 0.341 e. The molecule has 0 radical (unpaired) electrons. The fourth-order valence-electron chi connectivity index (χ4n) is 1.62. The summed E-state index contributed by atoms with van der Waals surface area (Å²) in [7, 11) is 0. The van der Waals surface area contributed by atoms with Gasteiger partial charge in [-0.1, -0.05) is 30.3 Å². The zero-order valence-electron chi connectivity index (χ0n) is 10.6. The van der Waals surface area contributed by atoms with Crippen LogP contribution in [0, 0.1) is 0 Å². The molecule has 0 aromatic heterocycles. The van der Waals surface area contributed by atoms with Crippen molar-refractivity contribution in [2.75, 3.05) is 11.9 Å². The zero-order chi connectivity index (χ0) is 14.4. The lowest BCUT2D eigenvalue weighted by molar-refractivity contribution is -0.139. The van der Waals surface area contributed by atoms with Gasteiger partial charge in [0.05, 0.1) is 5.69 Å². The number of hydrogen-bond acceptors (Lipinski definition) is 3. The number of para-hydroxylation sites is 2. The Kier molecular flexibility index (Phi) is 4.34. The minimum Gasteiger partial charge on any atom is -0.480 e. The van der Waals surface area contributed by atoms with E-state index in [1.165, 1.54) is 0 Å². The lowest BCUT2D eigenvalue weighted by Gasteiger charge is -2.11. The smallest absolute Gasteiger partial charge is 0.341 e. The molecule has 2 rings (SSSR count). The van der Waals surface area contributed by atoms with Crippen molar-refractivity contribution < 1.29 is 19.4 Å². The largest absolute Gasteiger partial charge is 0.480 e. The SMILES string of the molecule is O=C(O)COc1ccccc1NC(=O)c1ccccc1. The number of carboxylic acids is 1. The number of carboxylic acid groups (broad SMARTS) is 1. The van der Waals surface area contributed by atoms with Crippen molar-refractivity contribution in [3.8, 4) is 5.75 Å². The Morgan fingerprint density at radius 2 is 1.65 bits per heavy atom. The fourth-order valence-corrected chi connectivity index (χ4v) is 1.62. The van der Waals surface area contributed by atoms with Crippen LogP contribution in [0.1, 0.15) is 10.4 Å². The summed E-state index contributed by atoms with van der Waals surface area (Å²) in [4.78, 5) is 22.5. The molecule has 102 valence electrons. The molecule has 2 aromatic carbocycles. The van der Waals surface area contributed by atoms with E-state index in [1.54, 1.807) is 48.5 Å². The molecule has 0 bridgehead atoms. The molecule has 1 amide bonds. The molecule has 20 heavy (non-hydrogen) atoms. The molecule has 0 saturated carbocycles. The van der Waals surface area contributed by atoms with E-state index in [-0.39, 0.29) is 5.91 Å². The Morgan fingerprint density at radius 3 is 2.35 bits per heavy atom. The van der Waals surface area contributed by atoms with Gasteiger partial charge in [-0.05, 0) is 24.3 Å². The van der Waals surface area contributed by atoms with Crippen LogP contribution >= 0.6 is 0 Å². The molecule has 0 aliphatic heterocycles. The molecule has 0 aliphatic rings. The summed E-state index contributed by atoms with van der Waals surface area (Å²) < 4.78 is 5.12. The number of amides is 1. The second-order valence-corrected chi connectivity index (χ2v) is 4.00. The van der Waals surface area contributed by atoms with Gasteiger partial charge in [-0.3, -0.25) is 4.79 Å². The predicted octanol–water partition coefficient (Wildman–Crippen LogP) is 2.40.